The first-order valence-corrected chi connectivity index (χ1v) is 8.49. The highest BCUT2D eigenvalue weighted by Crippen LogP contribution is 2.43. The van der Waals surface area contributed by atoms with Crippen LogP contribution in [0.1, 0.15) is 52.0 Å². The maximum absolute atomic E-state index is 14.0. The topological polar surface area (TPSA) is 12.0 Å². The van der Waals surface area contributed by atoms with Gasteiger partial charge in [0.2, 0.25) is 0 Å². The highest BCUT2D eigenvalue weighted by molar-refractivity contribution is 6.30. The van der Waals surface area contributed by atoms with Gasteiger partial charge in [0.05, 0.1) is 0 Å². The minimum Gasteiger partial charge on any atom is -0.314 e. The molecule has 2 unspecified atom stereocenters. The molecule has 1 aromatic rings. The van der Waals surface area contributed by atoms with E-state index < -0.39 is 0 Å². The lowest BCUT2D eigenvalue weighted by atomic mass is 9.65. The van der Waals surface area contributed by atoms with Crippen molar-refractivity contribution in [3.8, 4) is 0 Å². The molecule has 0 aliphatic heterocycles. The van der Waals surface area contributed by atoms with Gasteiger partial charge >= 0.3 is 0 Å². The fraction of sp³-hybridized carbons (Fsp3) is 0.667. The molecule has 3 heteroatoms. The number of halogens is 2. The Morgan fingerprint density at radius 3 is 2.81 bits per heavy atom. The van der Waals surface area contributed by atoms with E-state index in [0.717, 1.165) is 12.1 Å². The quantitative estimate of drug-likeness (QED) is 0.786. The van der Waals surface area contributed by atoms with Crippen LogP contribution in [0.5, 0.6) is 0 Å². The maximum Gasteiger partial charge on any atom is 0.126 e. The van der Waals surface area contributed by atoms with E-state index >= 15 is 0 Å². The molecule has 2 atom stereocenters. The van der Waals surface area contributed by atoms with Crippen molar-refractivity contribution in [2.75, 3.05) is 6.54 Å². The zero-order chi connectivity index (χ0) is 15.5. The summed E-state index contributed by atoms with van der Waals surface area (Å²) < 4.78 is 14.0. The molecule has 0 amide bonds. The molecule has 1 saturated carbocycles. The van der Waals surface area contributed by atoms with Gasteiger partial charge in [0.25, 0.3) is 0 Å². The van der Waals surface area contributed by atoms with Crippen LogP contribution in [0.15, 0.2) is 18.2 Å². The molecule has 0 aromatic heterocycles. The van der Waals surface area contributed by atoms with Crippen LogP contribution < -0.4 is 5.32 Å². The van der Waals surface area contributed by atoms with Gasteiger partial charge in [-0.15, -0.1) is 0 Å². The highest BCUT2D eigenvalue weighted by atomic mass is 35.5. The largest absolute Gasteiger partial charge is 0.314 e. The molecule has 0 saturated heterocycles. The van der Waals surface area contributed by atoms with Gasteiger partial charge in [-0.2, -0.15) is 0 Å². The van der Waals surface area contributed by atoms with Crippen molar-refractivity contribution < 1.29 is 4.39 Å². The fourth-order valence-electron chi connectivity index (χ4n) is 3.82. The van der Waals surface area contributed by atoms with Crippen molar-refractivity contribution >= 4 is 11.6 Å². The first-order valence-electron chi connectivity index (χ1n) is 8.11. The number of hydrogen-bond acceptors (Lipinski definition) is 1. The molecule has 1 aromatic carbocycles. The molecule has 21 heavy (non-hydrogen) atoms. The number of hydrogen-bond donors (Lipinski definition) is 1. The van der Waals surface area contributed by atoms with E-state index in [1.165, 1.54) is 31.7 Å². The van der Waals surface area contributed by atoms with Crippen LogP contribution in [-0.4, -0.2) is 12.6 Å². The zero-order valence-electron chi connectivity index (χ0n) is 13.4. The summed E-state index contributed by atoms with van der Waals surface area (Å²) in [4.78, 5) is 0. The van der Waals surface area contributed by atoms with E-state index in [4.69, 9.17) is 11.6 Å². The van der Waals surface area contributed by atoms with Crippen LogP contribution in [0.2, 0.25) is 5.02 Å². The van der Waals surface area contributed by atoms with Crippen LogP contribution >= 0.6 is 11.6 Å². The second-order valence-corrected chi connectivity index (χ2v) is 7.38. The van der Waals surface area contributed by atoms with Crippen LogP contribution in [0.3, 0.4) is 0 Å². The lowest BCUT2D eigenvalue weighted by molar-refractivity contribution is 0.0984. The second kappa shape index (κ2) is 7.11. The van der Waals surface area contributed by atoms with Crippen molar-refractivity contribution in [3.63, 3.8) is 0 Å². The van der Waals surface area contributed by atoms with E-state index in [0.29, 0.717) is 28.8 Å². The monoisotopic (exact) mass is 311 g/mol. The normalized spacial score (nSPS) is 23.0. The van der Waals surface area contributed by atoms with Gasteiger partial charge in [0.1, 0.15) is 5.82 Å². The summed E-state index contributed by atoms with van der Waals surface area (Å²) in [6.45, 7) is 7.75. The molecular formula is C18H27ClFN. The standard InChI is InChI=1S/C18H27ClFN/c1-4-21-17(15-7-5-6-10-18(15,2)3)12-13-11-14(19)8-9-16(13)20/h8-9,11,15,17,21H,4-7,10,12H2,1-3H3. The summed E-state index contributed by atoms with van der Waals surface area (Å²) in [5.41, 5.74) is 1.05. The van der Waals surface area contributed by atoms with Crippen LogP contribution in [0, 0.1) is 17.2 Å². The summed E-state index contributed by atoms with van der Waals surface area (Å²) in [5.74, 6) is 0.445. The van der Waals surface area contributed by atoms with Crippen LogP contribution in [-0.2, 0) is 6.42 Å². The average molecular weight is 312 g/mol. The van der Waals surface area contributed by atoms with Gasteiger partial charge in [-0.3, -0.25) is 0 Å². The predicted octanol–water partition coefficient (Wildman–Crippen LogP) is 5.22. The summed E-state index contributed by atoms with van der Waals surface area (Å²) >= 11 is 6.03. The number of rotatable bonds is 5. The van der Waals surface area contributed by atoms with E-state index in [1.54, 1.807) is 12.1 Å². The van der Waals surface area contributed by atoms with E-state index in [1.807, 2.05) is 0 Å². The van der Waals surface area contributed by atoms with Gasteiger partial charge in [0.15, 0.2) is 0 Å². The lowest BCUT2D eigenvalue weighted by Gasteiger charge is -2.43. The summed E-state index contributed by atoms with van der Waals surface area (Å²) in [5, 5.41) is 4.21. The van der Waals surface area contributed by atoms with E-state index in [2.05, 4.69) is 26.1 Å². The van der Waals surface area contributed by atoms with Gasteiger partial charge < -0.3 is 5.32 Å². The fourth-order valence-corrected chi connectivity index (χ4v) is 4.02. The Labute approximate surface area is 133 Å². The molecular weight excluding hydrogens is 285 g/mol. The molecule has 1 nitrogen and oxygen atoms in total. The Hall–Kier alpha value is -0.600. The smallest absolute Gasteiger partial charge is 0.126 e. The summed E-state index contributed by atoms with van der Waals surface area (Å²) in [7, 11) is 0. The Morgan fingerprint density at radius 1 is 1.38 bits per heavy atom. The zero-order valence-corrected chi connectivity index (χ0v) is 14.1. The minimum absolute atomic E-state index is 0.143. The Morgan fingerprint density at radius 2 is 2.14 bits per heavy atom. The first-order chi connectivity index (χ1) is 9.94. The van der Waals surface area contributed by atoms with E-state index in [-0.39, 0.29) is 5.82 Å². The number of likely N-dealkylation sites (N-methyl/N-ethyl adjacent to an activating group) is 1. The average Bonchev–Trinajstić information content (AvgIpc) is 2.42. The molecule has 2 rings (SSSR count). The molecule has 0 heterocycles. The molecule has 1 aliphatic carbocycles. The molecule has 0 radical (unpaired) electrons. The SMILES string of the molecule is CCNC(Cc1cc(Cl)ccc1F)C1CCCCC1(C)C. The van der Waals surface area contributed by atoms with Crippen molar-refractivity contribution in [1.29, 1.82) is 0 Å². The third kappa shape index (κ3) is 4.20. The van der Waals surface area contributed by atoms with Crippen molar-refractivity contribution in [2.45, 2.75) is 58.9 Å². The number of nitrogens with one attached hydrogen (secondary N) is 1. The maximum atomic E-state index is 14.0. The predicted molar refractivity (Wildman–Crippen MR) is 88.3 cm³/mol. The van der Waals surface area contributed by atoms with Crippen molar-refractivity contribution in [2.24, 2.45) is 11.3 Å². The van der Waals surface area contributed by atoms with Gasteiger partial charge in [-0.05, 0) is 60.9 Å². The summed E-state index contributed by atoms with van der Waals surface area (Å²) in [6, 6.07) is 5.19. The van der Waals surface area contributed by atoms with Crippen molar-refractivity contribution in [3.05, 3.63) is 34.6 Å². The molecule has 0 spiro atoms. The Balaban J connectivity index is 2.20. The summed E-state index contributed by atoms with van der Waals surface area (Å²) in [6.07, 6.45) is 5.81. The minimum atomic E-state index is -0.143. The molecule has 1 aliphatic rings. The van der Waals surface area contributed by atoms with Gasteiger partial charge in [0, 0.05) is 11.1 Å². The Kier molecular flexibility index (Phi) is 5.67. The van der Waals surface area contributed by atoms with E-state index in [9.17, 15) is 4.39 Å². The molecule has 1 fully saturated rings. The molecule has 118 valence electrons. The van der Waals surface area contributed by atoms with Crippen LogP contribution in [0.4, 0.5) is 4.39 Å². The van der Waals surface area contributed by atoms with Gasteiger partial charge in [-0.25, -0.2) is 4.39 Å². The molecule has 0 bridgehead atoms. The lowest BCUT2D eigenvalue weighted by Crippen LogP contribution is -2.46. The highest BCUT2D eigenvalue weighted by Gasteiger charge is 2.37. The third-order valence-electron chi connectivity index (χ3n) is 4.99. The first kappa shape index (κ1) is 16.8. The number of benzene rings is 1. The second-order valence-electron chi connectivity index (χ2n) is 6.94. The van der Waals surface area contributed by atoms with Crippen LogP contribution in [0.25, 0.3) is 0 Å². The van der Waals surface area contributed by atoms with Gasteiger partial charge in [-0.1, -0.05) is 45.2 Å². The van der Waals surface area contributed by atoms with Crippen molar-refractivity contribution in [1.82, 2.24) is 5.32 Å². The Bertz CT molecular complexity index is 472. The molecule has 1 N–H and O–H groups in total. The third-order valence-corrected chi connectivity index (χ3v) is 5.22.